The second-order valence-electron chi connectivity index (χ2n) is 4.68. The zero-order chi connectivity index (χ0) is 14.5. The molecule has 1 aliphatic rings. The van der Waals surface area contributed by atoms with Gasteiger partial charge in [-0.25, -0.2) is 0 Å². The predicted octanol–water partition coefficient (Wildman–Crippen LogP) is 2.14. The first kappa shape index (κ1) is 15.2. The average Bonchev–Trinajstić information content (AvgIpc) is 2.86. The number of hydrogen-bond donors (Lipinski definition) is 2. The first-order valence-electron chi connectivity index (χ1n) is 6.45. The van der Waals surface area contributed by atoms with Crippen molar-refractivity contribution in [2.75, 3.05) is 12.8 Å². The van der Waals surface area contributed by atoms with Crippen molar-refractivity contribution in [2.45, 2.75) is 24.1 Å². The van der Waals surface area contributed by atoms with Crippen LogP contribution in [-0.4, -0.2) is 30.7 Å². The Morgan fingerprint density at radius 2 is 2.40 bits per heavy atom. The summed E-state index contributed by atoms with van der Waals surface area (Å²) in [4.78, 5) is 23.0. The maximum atomic E-state index is 11.9. The van der Waals surface area contributed by atoms with Crippen LogP contribution in [0.2, 0.25) is 5.02 Å². The van der Waals surface area contributed by atoms with Crippen molar-refractivity contribution in [3.05, 3.63) is 34.9 Å². The van der Waals surface area contributed by atoms with Crippen LogP contribution >= 0.6 is 23.4 Å². The van der Waals surface area contributed by atoms with E-state index in [0.29, 0.717) is 24.4 Å². The molecule has 20 heavy (non-hydrogen) atoms. The molecule has 0 saturated carbocycles. The van der Waals surface area contributed by atoms with Gasteiger partial charge in [0.2, 0.25) is 11.8 Å². The van der Waals surface area contributed by atoms with Crippen LogP contribution in [-0.2, 0) is 9.59 Å². The van der Waals surface area contributed by atoms with Crippen LogP contribution < -0.4 is 10.6 Å². The molecule has 0 radical (unpaired) electrons. The lowest BCUT2D eigenvalue weighted by Gasteiger charge is -2.18. The number of carbonyl (C=O) groups excluding carboxylic acids is 2. The summed E-state index contributed by atoms with van der Waals surface area (Å²) in [7, 11) is 0. The predicted molar refractivity (Wildman–Crippen MR) is 81.9 cm³/mol. The highest BCUT2D eigenvalue weighted by molar-refractivity contribution is 7.98. The molecule has 4 nitrogen and oxygen atoms in total. The smallest absolute Gasteiger partial charge is 0.242 e. The van der Waals surface area contributed by atoms with Gasteiger partial charge in [0.15, 0.2) is 0 Å². The fourth-order valence-electron chi connectivity index (χ4n) is 2.17. The van der Waals surface area contributed by atoms with E-state index in [1.54, 1.807) is 11.8 Å². The highest BCUT2D eigenvalue weighted by Crippen LogP contribution is 2.27. The molecule has 1 saturated heterocycles. The van der Waals surface area contributed by atoms with E-state index in [-0.39, 0.29) is 23.1 Å². The lowest BCUT2D eigenvalue weighted by Crippen LogP contribution is -2.42. The highest BCUT2D eigenvalue weighted by Gasteiger charge is 2.27. The van der Waals surface area contributed by atoms with Crippen LogP contribution in [0, 0.1) is 0 Å². The van der Waals surface area contributed by atoms with Crippen molar-refractivity contribution < 1.29 is 9.59 Å². The van der Waals surface area contributed by atoms with E-state index >= 15 is 0 Å². The summed E-state index contributed by atoms with van der Waals surface area (Å²) in [6.07, 6.45) is 3.00. The zero-order valence-corrected chi connectivity index (χ0v) is 12.8. The summed E-state index contributed by atoms with van der Waals surface area (Å²) in [6.45, 7) is 0.521. The van der Waals surface area contributed by atoms with Crippen molar-refractivity contribution in [3.63, 3.8) is 0 Å². The Hall–Kier alpha value is -1.20. The van der Waals surface area contributed by atoms with Gasteiger partial charge in [-0.2, -0.15) is 11.8 Å². The number of rotatable bonds is 5. The molecule has 2 amide bonds. The normalized spacial score (nSPS) is 19.5. The summed E-state index contributed by atoms with van der Waals surface area (Å²) in [6, 6.07) is 7.25. The van der Waals surface area contributed by atoms with Gasteiger partial charge >= 0.3 is 0 Å². The van der Waals surface area contributed by atoms with Crippen molar-refractivity contribution in [1.29, 1.82) is 0 Å². The van der Waals surface area contributed by atoms with Gasteiger partial charge in [-0.1, -0.05) is 23.7 Å². The van der Waals surface area contributed by atoms with E-state index in [1.807, 2.05) is 30.5 Å². The molecule has 1 fully saturated rings. The van der Waals surface area contributed by atoms with Gasteiger partial charge in [0.1, 0.15) is 6.04 Å². The number of amides is 2. The molecule has 1 aromatic carbocycles. The van der Waals surface area contributed by atoms with Crippen LogP contribution in [0.15, 0.2) is 24.3 Å². The number of halogens is 1. The van der Waals surface area contributed by atoms with Gasteiger partial charge in [0, 0.05) is 23.2 Å². The Morgan fingerprint density at radius 3 is 3.00 bits per heavy atom. The summed E-state index contributed by atoms with van der Waals surface area (Å²) < 4.78 is 0. The molecule has 108 valence electrons. The molecular weight excluding hydrogens is 296 g/mol. The fourth-order valence-corrected chi connectivity index (χ4v) is 3.04. The first-order chi connectivity index (χ1) is 9.60. The molecule has 6 heteroatoms. The average molecular weight is 313 g/mol. The number of hydrogen-bond acceptors (Lipinski definition) is 3. The topological polar surface area (TPSA) is 58.2 Å². The molecule has 0 bridgehead atoms. The Kier molecular flexibility index (Phi) is 5.31. The molecule has 1 aromatic rings. The minimum Gasteiger partial charge on any atom is -0.353 e. The van der Waals surface area contributed by atoms with Crippen molar-refractivity contribution in [2.24, 2.45) is 0 Å². The van der Waals surface area contributed by atoms with Gasteiger partial charge < -0.3 is 10.6 Å². The summed E-state index contributed by atoms with van der Waals surface area (Å²) in [5.74, 6) is -0.168. The molecule has 1 heterocycles. The van der Waals surface area contributed by atoms with Crippen LogP contribution in [0.25, 0.3) is 0 Å². The van der Waals surface area contributed by atoms with E-state index in [2.05, 4.69) is 10.6 Å². The second-order valence-corrected chi connectivity index (χ2v) is 6.16. The molecule has 1 aliphatic heterocycles. The summed E-state index contributed by atoms with van der Waals surface area (Å²) in [5.41, 5.74) is 1.08. The molecule has 2 rings (SSSR count). The third-order valence-electron chi connectivity index (χ3n) is 3.28. The van der Waals surface area contributed by atoms with Gasteiger partial charge in [0.05, 0.1) is 0 Å². The van der Waals surface area contributed by atoms with Crippen molar-refractivity contribution >= 4 is 35.2 Å². The molecule has 0 aliphatic carbocycles. The Bertz CT molecular complexity index is 510. The van der Waals surface area contributed by atoms with E-state index < -0.39 is 0 Å². The van der Waals surface area contributed by atoms with Crippen molar-refractivity contribution in [1.82, 2.24) is 10.6 Å². The monoisotopic (exact) mass is 312 g/mol. The van der Waals surface area contributed by atoms with Gasteiger partial charge in [-0.3, -0.25) is 9.59 Å². The first-order valence-corrected chi connectivity index (χ1v) is 8.12. The van der Waals surface area contributed by atoms with E-state index in [4.69, 9.17) is 11.6 Å². The molecular formula is C14H17ClN2O2S. The molecule has 0 spiro atoms. The largest absolute Gasteiger partial charge is 0.353 e. The molecule has 2 atom stereocenters. The van der Waals surface area contributed by atoms with Crippen LogP contribution in [0.4, 0.5) is 0 Å². The van der Waals surface area contributed by atoms with Gasteiger partial charge in [-0.15, -0.1) is 0 Å². The number of thioether (sulfide) groups is 1. The van der Waals surface area contributed by atoms with Crippen molar-refractivity contribution in [3.8, 4) is 0 Å². The fraction of sp³-hybridized carbons (Fsp3) is 0.429. The Labute approximate surface area is 127 Å². The third-order valence-corrected chi connectivity index (χ3v) is 4.52. The second kappa shape index (κ2) is 6.99. The maximum absolute atomic E-state index is 11.9. The molecule has 0 unspecified atom stereocenters. The van der Waals surface area contributed by atoms with E-state index in [0.717, 1.165) is 5.56 Å². The Morgan fingerprint density at radius 1 is 1.60 bits per heavy atom. The lowest BCUT2D eigenvalue weighted by molar-refractivity contribution is -0.125. The zero-order valence-electron chi connectivity index (χ0n) is 11.2. The SMILES string of the molecule is CS[C@H](CNC(=O)[C@H]1CCC(=O)N1)c1cccc(Cl)c1. The number of benzene rings is 1. The standard InChI is InChI=1S/C14H17ClN2O2S/c1-20-12(9-3-2-4-10(15)7-9)8-16-14(19)11-5-6-13(18)17-11/h2-4,7,11-12H,5-6,8H2,1H3,(H,16,19)(H,17,18)/t11-,12-/m1/s1. The molecule has 2 N–H and O–H groups in total. The van der Waals surface area contributed by atoms with Gasteiger partial charge in [0.25, 0.3) is 0 Å². The maximum Gasteiger partial charge on any atom is 0.242 e. The van der Waals surface area contributed by atoms with Crippen LogP contribution in [0.3, 0.4) is 0 Å². The minimum absolute atomic E-state index is 0.0543. The van der Waals surface area contributed by atoms with E-state index in [1.165, 1.54) is 0 Å². The highest BCUT2D eigenvalue weighted by atomic mass is 35.5. The third kappa shape index (κ3) is 3.90. The Balaban J connectivity index is 1.91. The lowest BCUT2D eigenvalue weighted by atomic mass is 10.1. The minimum atomic E-state index is -0.385. The quantitative estimate of drug-likeness (QED) is 0.876. The number of carbonyl (C=O) groups is 2. The van der Waals surface area contributed by atoms with E-state index in [9.17, 15) is 9.59 Å². The van der Waals surface area contributed by atoms with Gasteiger partial charge in [-0.05, 0) is 30.4 Å². The summed E-state index contributed by atoms with van der Waals surface area (Å²) in [5, 5.41) is 6.40. The number of nitrogens with one attached hydrogen (secondary N) is 2. The van der Waals surface area contributed by atoms with Crippen LogP contribution in [0.1, 0.15) is 23.7 Å². The summed E-state index contributed by atoms with van der Waals surface area (Å²) >= 11 is 7.64. The molecule has 0 aromatic heterocycles. The van der Waals surface area contributed by atoms with Crippen LogP contribution in [0.5, 0.6) is 0 Å².